The second-order valence-electron chi connectivity index (χ2n) is 5.73. The molecule has 0 saturated heterocycles. The van der Waals surface area contributed by atoms with Gasteiger partial charge in [-0.1, -0.05) is 13.8 Å². The lowest BCUT2D eigenvalue weighted by Gasteiger charge is -2.23. The number of aliphatic hydroxyl groups is 1. The number of rotatable bonds is 5. The number of benzene rings is 1. The van der Waals surface area contributed by atoms with Crippen LogP contribution >= 0.6 is 0 Å². The van der Waals surface area contributed by atoms with E-state index >= 15 is 0 Å². The van der Waals surface area contributed by atoms with E-state index in [0.29, 0.717) is 17.7 Å². The molecular formula is C15H21FN2O3. The Bertz CT molecular complexity index is 530. The molecule has 21 heavy (non-hydrogen) atoms. The number of nitrogens with one attached hydrogen (secondary N) is 2. The monoisotopic (exact) mass is 296 g/mol. The summed E-state index contributed by atoms with van der Waals surface area (Å²) >= 11 is 0. The van der Waals surface area contributed by atoms with Gasteiger partial charge in [0.2, 0.25) is 0 Å². The summed E-state index contributed by atoms with van der Waals surface area (Å²) in [5.41, 5.74) is 0.638. The molecule has 0 aliphatic carbocycles. The van der Waals surface area contributed by atoms with Gasteiger partial charge in [0, 0.05) is 18.8 Å². The highest BCUT2D eigenvalue weighted by atomic mass is 19.1. The van der Waals surface area contributed by atoms with Crippen LogP contribution in [-0.2, 0) is 9.59 Å². The average Bonchev–Trinajstić information content (AvgIpc) is 2.39. The van der Waals surface area contributed by atoms with Crippen molar-refractivity contribution in [2.75, 3.05) is 18.5 Å². The topological polar surface area (TPSA) is 78.4 Å². The summed E-state index contributed by atoms with van der Waals surface area (Å²) in [5.74, 6) is -1.96. The van der Waals surface area contributed by atoms with Crippen molar-refractivity contribution in [3.8, 4) is 0 Å². The van der Waals surface area contributed by atoms with Crippen LogP contribution in [0.25, 0.3) is 0 Å². The third kappa shape index (κ3) is 5.51. The van der Waals surface area contributed by atoms with Gasteiger partial charge >= 0.3 is 11.8 Å². The maximum atomic E-state index is 13.0. The van der Waals surface area contributed by atoms with Crippen LogP contribution in [0.5, 0.6) is 0 Å². The number of anilines is 1. The minimum Gasteiger partial charge on any atom is -0.396 e. The molecule has 1 rings (SSSR count). The van der Waals surface area contributed by atoms with Crippen LogP contribution in [-0.4, -0.2) is 30.1 Å². The fourth-order valence-corrected chi connectivity index (χ4v) is 1.74. The Balaban J connectivity index is 2.57. The number of aliphatic hydroxyl groups excluding tert-OH is 1. The number of carbonyl (C=O) groups excluding carboxylic acids is 2. The first-order valence-electron chi connectivity index (χ1n) is 6.71. The van der Waals surface area contributed by atoms with Crippen molar-refractivity contribution in [3.63, 3.8) is 0 Å². The van der Waals surface area contributed by atoms with Gasteiger partial charge in [-0.25, -0.2) is 4.39 Å². The van der Waals surface area contributed by atoms with Crippen molar-refractivity contribution in [1.82, 2.24) is 5.32 Å². The van der Waals surface area contributed by atoms with Crippen LogP contribution in [0.15, 0.2) is 18.2 Å². The van der Waals surface area contributed by atoms with Crippen molar-refractivity contribution >= 4 is 17.5 Å². The fourth-order valence-electron chi connectivity index (χ4n) is 1.74. The number of hydrogen-bond donors (Lipinski definition) is 3. The molecule has 0 atom stereocenters. The quantitative estimate of drug-likeness (QED) is 0.722. The second-order valence-corrected chi connectivity index (χ2v) is 5.73. The van der Waals surface area contributed by atoms with Gasteiger partial charge in [-0.2, -0.15) is 0 Å². The highest BCUT2D eigenvalue weighted by Crippen LogP contribution is 2.18. The van der Waals surface area contributed by atoms with Crippen LogP contribution in [0, 0.1) is 18.2 Å². The Kier molecular flexibility index (Phi) is 5.84. The molecular weight excluding hydrogens is 275 g/mol. The predicted octanol–water partition coefficient (Wildman–Crippen LogP) is 1.60. The van der Waals surface area contributed by atoms with Crippen LogP contribution in [0.3, 0.4) is 0 Å². The average molecular weight is 296 g/mol. The summed E-state index contributed by atoms with van der Waals surface area (Å²) in [6.07, 6.45) is 0.520. The van der Waals surface area contributed by atoms with E-state index < -0.39 is 17.6 Å². The largest absolute Gasteiger partial charge is 0.396 e. The summed E-state index contributed by atoms with van der Waals surface area (Å²) < 4.78 is 13.0. The van der Waals surface area contributed by atoms with Gasteiger partial charge in [0.1, 0.15) is 5.82 Å². The van der Waals surface area contributed by atoms with Crippen LogP contribution in [0.1, 0.15) is 25.8 Å². The number of halogens is 1. The normalized spacial score (nSPS) is 11.1. The Morgan fingerprint density at radius 1 is 1.29 bits per heavy atom. The van der Waals surface area contributed by atoms with Gasteiger partial charge in [0.25, 0.3) is 0 Å². The molecule has 1 aromatic carbocycles. The molecule has 3 N–H and O–H groups in total. The molecule has 0 fully saturated rings. The summed E-state index contributed by atoms with van der Waals surface area (Å²) in [7, 11) is 0. The van der Waals surface area contributed by atoms with Gasteiger partial charge in [-0.15, -0.1) is 0 Å². The molecule has 5 nitrogen and oxygen atoms in total. The summed E-state index contributed by atoms with van der Waals surface area (Å²) in [6.45, 7) is 5.70. The summed E-state index contributed by atoms with van der Waals surface area (Å²) in [6, 6.07) is 3.90. The second kappa shape index (κ2) is 7.17. The van der Waals surface area contributed by atoms with E-state index in [1.54, 1.807) is 6.92 Å². The van der Waals surface area contributed by atoms with E-state index in [2.05, 4.69) is 10.6 Å². The Morgan fingerprint density at radius 3 is 2.52 bits per heavy atom. The van der Waals surface area contributed by atoms with Gasteiger partial charge in [0.15, 0.2) is 0 Å². The summed E-state index contributed by atoms with van der Waals surface area (Å²) in [4.78, 5) is 23.5. The third-order valence-electron chi connectivity index (χ3n) is 3.16. The molecule has 0 radical (unpaired) electrons. The van der Waals surface area contributed by atoms with Crippen LogP contribution < -0.4 is 10.6 Å². The van der Waals surface area contributed by atoms with E-state index in [1.807, 2.05) is 13.8 Å². The van der Waals surface area contributed by atoms with Gasteiger partial charge in [-0.05, 0) is 42.5 Å². The molecule has 116 valence electrons. The molecule has 6 heteroatoms. The lowest BCUT2D eigenvalue weighted by atomic mass is 9.90. The van der Waals surface area contributed by atoms with Crippen LogP contribution in [0.4, 0.5) is 10.1 Å². The van der Waals surface area contributed by atoms with Gasteiger partial charge < -0.3 is 15.7 Å². The number of aryl methyl sites for hydroxylation is 1. The van der Waals surface area contributed by atoms with E-state index in [9.17, 15) is 14.0 Å². The van der Waals surface area contributed by atoms with E-state index in [-0.39, 0.29) is 18.6 Å². The van der Waals surface area contributed by atoms with E-state index in [4.69, 9.17) is 5.11 Å². The lowest BCUT2D eigenvalue weighted by Crippen LogP contribution is -2.40. The third-order valence-corrected chi connectivity index (χ3v) is 3.16. The summed E-state index contributed by atoms with van der Waals surface area (Å²) in [5, 5.41) is 13.9. The SMILES string of the molecule is Cc1cc(F)ccc1NC(=O)C(=O)NCC(C)(C)CCO. The molecule has 2 amide bonds. The zero-order valence-corrected chi connectivity index (χ0v) is 12.5. The first-order chi connectivity index (χ1) is 9.75. The number of hydrogen-bond acceptors (Lipinski definition) is 3. The van der Waals surface area contributed by atoms with Gasteiger partial charge in [-0.3, -0.25) is 9.59 Å². The highest BCUT2D eigenvalue weighted by Gasteiger charge is 2.21. The van der Waals surface area contributed by atoms with Crippen molar-refractivity contribution in [2.45, 2.75) is 27.2 Å². The molecule has 0 unspecified atom stereocenters. The minimum absolute atomic E-state index is 0.0177. The minimum atomic E-state index is -0.801. The zero-order valence-electron chi connectivity index (χ0n) is 12.5. The molecule has 0 aromatic heterocycles. The highest BCUT2D eigenvalue weighted by molar-refractivity contribution is 6.39. The first kappa shape index (κ1) is 17.1. The maximum absolute atomic E-state index is 13.0. The molecule has 0 heterocycles. The van der Waals surface area contributed by atoms with Crippen molar-refractivity contribution < 1.29 is 19.1 Å². The molecule has 0 saturated carbocycles. The van der Waals surface area contributed by atoms with Crippen molar-refractivity contribution in [1.29, 1.82) is 0 Å². The zero-order chi connectivity index (χ0) is 16.0. The predicted molar refractivity (Wildman–Crippen MR) is 78.3 cm³/mol. The molecule has 0 aliphatic heterocycles. The van der Waals surface area contributed by atoms with E-state index in [1.165, 1.54) is 18.2 Å². The first-order valence-corrected chi connectivity index (χ1v) is 6.71. The number of amides is 2. The Hall–Kier alpha value is -1.95. The van der Waals surface area contributed by atoms with Crippen LogP contribution in [0.2, 0.25) is 0 Å². The maximum Gasteiger partial charge on any atom is 0.313 e. The molecule has 0 spiro atoms. The molecule has 0 bridgehead atoms. The van der Waals surface area contributed by atoms with Crippen molar-refractivity contribution in [2.24, 2.45) is 5.41 Å². The standard InChI is InChI=1S/C15H21FN2O3/c1-10-8-11(16)4-5-12(10)18-14(21)13(20)17-9-15(2,3)6-7-19/h4-5,8,19H,6-7,9H2,1-3H3,(H,17,20)(H,18,21). The fraction of sp³-hybridized carbons (Fsp3) is 0.467. The van der Waals surface area contributed by atoms with E-state index in [0.717, 1.165) is 0 Å². The lowest BCUT2D eigenvalue weighted by molar-refractivity contribution is -0.136. The number of carbonyl (C=O) groups is 2. The molecule has 0 aliphatic rings. The Morgan fingerprint density at radius 2 is 1.95 bits per heavy atom. The smallest absolute Gasteiger partial charge is 0.313 e. The molecule has 1 aromatic rings. The van der Waals surface area contributed by atoms with Crippen molar-refractivity contribution in [3.05, 3.63) is 29.6 Å². The van der Waals surface area contributed by atoms with Gasteiger partial charge in [0.05, 0.1) is 0 Å². The Labute approximate surface area is 123 Å².